The first-order valence-electron chi connectivity index (χ1n) is 14.6. The first-order valence-corrected chi connectivity index (χ1v) is 16.1. The molecule has 11 nitrogen and oxygen atoms in total. The number of rotatable bonds is 8. The highest BCUT2D eigenvalue weighted by Crippen LogP contribution is 2.47. The summed E-state index contributed by atoms with van der Waals surface area (Å²) in [7, 11) is -2.74. The van der Waals surface area contributed by atoms with E-state index in [1.165, 1.54) is 28.4 Å². The summed E-state index contributed by atoms with van der Waals surface area (Å²) in [5, 5.41) is 4.11. The molecule has 0 N–H and O–H groups in total. The number of aryl methyl sites for hydroxylation is 4. The van der Waals surface area contributed by atoms with E-state index in [9.17, 15) is 31.2 Å². The minimum absolute atomic E-state index is 0.0193. The summed E-state index contributed by atoms with van der Waals surface area (Å²) >= 11 is 0. The Hall–Kier alpha value is -3.95. The lowest BCUT2D eigenvalue weighted by Gasteiger charge is -2.53. The predicted octanol–water partition coefficient (Wildman–Crippen LogP) is 3.98. The summed E-state index contributed by atoms with van der Waals surface area (Å²) in [4.78, 5) is 25.7. The third-order valence-electron chi connectivity index (χ3n) is 9.08. The molecule has 3 heterocycles. The number of esters is 1. The molecule has 46 heavy (non-hydrogen) atoms. The van der Waals surface area contributed by atoms with Gasteiger partial charge in [0.05, 0.1) is 36.7 Å². The number of hydrogen-bond donors (Lipinski definition) is 0. The molecule has 2 aliphatic rings. The molecule has 0 bridgehead atoms. The van der Waals surface area contributed by atoms with E-state index in [0.29, 0.717) is 40.4 Å². The van der Waals surface area contributed by atoms with Gasteiger partial charge in [-0.05, 0) is 45.4 Å². The van der Waals surface area contributed by atoms with Crippen molar-refractivity contribution in [2.75, 3.05) is 39.8 Å². The fourth-order valence-electron chi connectivity index (χ4n) is 6.92. The van der Waals surface area contributed by atoms with E-state index in [0.717, 1.165) is 5.56 Å². The van der Waals surface area contributed by atoms with Crippen molar-refractivity contribution in [3.8, 4) is 5.75 Å². The van der Waals surface area contributed by atoms with Gasteiger partial charge in [-0.25, -0.2) is 17.7 Å². The summed E-state index contributed by atoms with van der Waals surface area (Å²) < 4.78 is 86.7. The zero-order valence-electron chi connectivity index (χ0n) is 26.1. The second-order valence-corrected chi connectivity index (χ2v) is 13.8. The zero-order valence-corrected chi connectivity index (χ0v) is 26.9. The van der Waals surface area contributed by atoms with Gasteiger partial charge in [-0.15, -0.1) is 0 Å². The predicted molar refractivity (Wildman–Crippen MR) is 160 cm³/mol. The molecule has 1 unspecified atom stereocenters. The van der Waals surface area contributed by atoms with Crippen LogP contribution in [0.4, 0.5) is 18.9 Å². The van der Waals surface area contributed by atoms with E-state index < -0.39 is 40.4 Å². The van der Waals surface area contributed by atoms with Crippen molar-refractivity contribution < 1.29 is 45.2 Å². The van der Waals surface area contributed by atoms with Gasteiger partial charge in [0.1, 0.15) is 36.3 Å². The molecule has 0 radical (unpaired) electrons. The van der Waals surface area contributed by atoms with Gasteiger partial charge in [0.2, 0.25) is 16.4 Å². The Labute approximate surface area is 265 Å². The van der Waals surface area contributed by atoms with Crippen LogP contribution in [0.5, 0.6) is 5.75 Å². The van der Waals surface area contributed by atoms with E-state index >= 15 is 0 Å². The van der Waals surface area contributed by atoms with E-state index in [1.54, 1.807) is 32.9 Å². The van der Waals surface area contributed by atoms with Crippen molar-refractivity contribution in [2.45, 2.75) is 57.0 Å². The summed E-state index contributed by atoms with van der Waals surface area (Å²) in [6.45, 7) is 6.65. The van der Waals surface area contributed by atoms with Gasteiger partial charge >= 0.3 is 12.1 Å². The average Bonchev–Trinajstić information content (AvgIpc) is 3.61. The van der Waals surface area contributed by atoms with Crippen LogP contribution in [0.15, 0.2) is 51.9 Å². The number of alkyl halides is 3. The van der Waals surface area contributed by atoms with Crippen LogP contribution in [-0.2, 0) is 24.3 Å². The van der Waals surface area contributed by atoms with Crippen LogP contribution in [0.2, 0.25) is 0 Å². The SMILES string of the molecule is COc1cccc(S(=O)(=O)N2C[C@H](c3c(C)noc3C)[C@@H]([N@@+]3(c4cc(C)ccc4C)CCN(C=O)CC3OC(=O)C(F)(F)F)C2)c1. The highest BCUT2D eigenvalue weighted by Gasteiger charge is 2.60. The monoisotopic (exact) mass is 665 g/mol. The van der Waals surface area contributed by atoms with Gasteiger partial charge in [0.25, 0.3) is 6.23 Å². The van der Waals surface area contributed by atoms with Crippen molar-refractivity contribution >= 4 is 28.1 Å². The maximum Gasteiger partial charge on any atom is 0.491 e. The summed E-state index contributed by atoms with van der Waals surface area (Å²) in [6, 6.07) is 10.7. The third-order valence-corrected chi connectivity index (χ3v) is 10.9. The molecule has 4 atom stereocenters. The number of sulfonamides is 1. The molecular formula is C31H36F3N4O7S+. The lowest BCUT2D eigenvalue weighted by molar-refractivity contribution is -0.217. The van der Waals surface area contributed by atoms with Crippen molar-refractivity contribution in [1.29, 1.82) is 0 Å². The lowest BCUT2D eigenvalue weighted by Crippen LogP contribution is -2.73. The molecule has 0 spiro atoms. The fraction of sp³-hybridized carbons (Fsp3) is 0.452. The maximum absolute atomic E-state index is 14.2. The summed E-state index contributed by atoms with van der Waals surface area (Å²) in [5.41, 5.74) is 3.18. The van der Waals surface area contributed by atoms with Gasteiger partial charge in [0.15, 0.2) is 0 Å². The fourth-order valence-corrected chi connectivity index (χ4v) is 8.44. The van der Waals surface area contributed by atoms with Crippen molar-refractivity contribution in [3.63, 3.8) is 0 Å². The first kappa shape index (κ1) is 33.4. The van der Waals surface area contributed by atoms with Crippen LogP contribution in [0.1, 0.15) is 34.1 Å². The molecule has 1 amide bonds. The topological polar surface area (TPSA) is 119 Å². The zero-order chi connectivity index (χ0) is 33.6. The number of halogens is 3. The van der Waals surface area contributed by atoms with Crippen LogP contribution in [0.25, 0.3) is 0 Å². The number of hydrogen-bond acceptors (Lipinski definition) is 8. The van der Waals surface area contributed by atoms with E-state index in [2.05, 4.69) is 5.16 Å². The highest BCUT2D eigenvalue weighted by molar-refractivity contribution is 7.89. The van der Waals surface area contributed by atoms with Gasteiger partial charge in [-0.2, -0.15) is 17.5 Å². The first-order chi connectivity index (χ1) is 21.6. The molecule has 2 aromatic carbocycles. The number of nitrogens with zero attached hydrogens (tertiary/aromatic N) is 4. The molecule has 2 fully saturated rings. The normalized spacial score (nSPS) is 24.2. The van der Waals surface area contributed by atoms with Gasteiger partial charge in [-0.3, -0.25) is 4.79 Å². The summed E-state index contributed by atoms with van der Waals surface area (Å²) in [6.07, 6.45) is -6.33. The lowest BCUT2D eigenvalue weighted by atomic mass is 9.88. The number of methoxy groups -OCH3 is 1. The Morgan fingerprint density at radius 3 is 2.46 bits per heavy atom. The quantitative estimate of drug-likeness (QED) is 0.202. The Morgan fingerprint density at radius 2 is 1.83 bits per heavy atom. The Balaban J connectivity index is 1.76. The number of benzene rings is 2. The van der Waals surface area contributed by atoms with Crippen molar-refractivity contribution in [2.24, 2.45) is 0 Å². The molecule has 3 aromatic rings. The van der Waals surface area contributed by atoms with Gasteiger partial charge in [0, 0.05) is 29.8 Å². The van der Waals surface area contributed by atoms with Gasteiger partial charge < -0.3 is 18.9 Å². The molecule has 0 aliphatic carbocycles. The Morgan fingerprint density at radius 1 is 1.09 bits per heavy atom. The molecule has 2 aliphatic heterocycles. The number of quaternary nitrogens is 1. The number of carbonyl (C=O) groups is 2. The second-order valence-electron chi connectivity index (χ2n) is 11.8. The molecule has 1 aromatic heterocycles. The number of ether oxygens (including phenoxy) is 2. The molecule has 2 saturated heterocycles. The van der Waals surface area contributed by atoms with E-state index in [1.807, 2.05) is 25.1 Å². The van der Waals surface area contributed by atoms with Crippen molar-refractivity contribution in [3.05, 3.63) is 70.6 Å². The standard InChI is InChI=1S/C31H36F3N4O7S/c1-19-9-10-20(2)26(13-19)38(12-11-36(18-39)17-28(38)44-30(40)31(32,33)34)27-16-37(15-25(27)29-21(3)35-45-22(29)4)46(41,42)24-8-6-7-23(14-24)43-5/h6-10,13-14,18,25,27-28H,11-12,15-17H2,1-5H3/q+1/t25-,27-,28?,38-/m0/s1. The molecule has 0 saturated carbocycles. The average molecular weight is 666 g/mol. The summed E-state index contributed by atoms with van der Waals surface area (Å²) in [5.74, 6) is -2.28. The second kappa shape index (κ2) is 12.3. The van der Waals surface area contributed by atoms with Gasteiger partial charge in [-0.1, -0.05) is 23.4 Å². The minimum atomic E-state index is -5.31. The maximum atomic E-state index is 14.2. The molecule has 248 valence electrons. The molecule has 15 heteroatoms. The van der Waals surface area contributed by atoms with Crippen LogP contribution < -0.4 is 9.22 Å². The third kappa shape index (κ3) is 5.86. The Kier molecular flexibility index (Phi) is 8.96. The van der Waals surface area contributed by atoms with Crippen LogP contribution in [0.3, 0.4) is 0 Å². The van der Waals surface area contributed by atoms with Crippen molar-refractivity contribution in [1.82, 2.24) is 18.8 Å². The highest BCUT2D eigenvalue weighted by atomic mass is 32.2. The van der Waals surface area contributed by atoms with E-state index in [-0.39, 0.29) is 42.1 Å². The molecule has 5 rings (SSSR count). The Bertz CT molecular complexity index is 1730. The van der Waals surface area contributed by atoms with Crippen LogP contribution in [0, 0.1) is 27.7 Å². The number of carbonyl (C=O) groups excluding carboxylic acids is 2. The van der Waals surface area contributed by atoms with Crippen LogP contribution >= 0.6 is 0 Å². The minimum Gasteiger partial charge on any atom is -0.497 e. The smallest absolute Gasteiger partial charge is 0.491 e. The van der Waals surface area contributed by atoms with Crippen LogP contribution in [-0.4, -0.2) is 93.4 Å². The molecular weight excluding hydrogens is 629 g/mol. The largest absolute Gasteiger partial charge is 0.497 e. The van der Waals surface area contributed by atoms with E-state index in [4.69, 9.17) is 14.0 Å². The number of piperazine rings is 1. The number of aromatic nitrogens is 1. The number of amides is 1.